The Kier molecular flexibility index (Phi) is 6.31. The van der Waals surface area contributed by atoms with Crippen LogP contribution in [0, 0.1) is 0 Å². The molecule has 0 aromatic heterocycles. The highest BCUT2D eigenvalue weighted by molar-refractivity contribution is 9.10. The second kappa shape index (κ2) is 8.45. The van der Waals surface area contributed by atoms with E-state index < -0.39 is 5.97 Å². The lowest BCUT2D eigenvalue weighted by Gasteiger charge is -2.09. The van der Waals surface area contributed by atoms with Crippen molar-refractivity contribution in [3.63, 3.8) is 0 Å². The van der Waals surface area contributed by atoms with E-state index in [1.54, 1.807) is 43.5 Å². The van der Waals surface area contributed by atoms with Crippen LogP contribution in [0.2, 0.25) is 0 Å². The van der Waals surface area contributed by atoms with Gasteiger partial charge in [-0.25, -0.2) is 4.79 Å². The van der Waals surface area contributed by atoms with Gasteiger partial charge in [-0.15, -0.1) is 0 Å². The molecule has 0 aliphatic rings. The van der Waals surface area contributed by atoms with Crippen LogP contribution in [0.3, 0.4) is 0 Å². The van der Waals surface area contributed by atoms with Crippen molar-refractivity contribution in [2.45, 2.75) is 0 Å². The largest absolute Gasteiger partial charge is 0.490 e. The summed E-state index contributed by atoms with van der Waals surface area (Å²) in [5, 5.41) is 0. The molecule has 2 aromatic rings. The van der Waals surface area contributed by atoms with Crippen molar-refractivity contribution in [3.8, 4) is 11.5 Å². The molecule has 2 rings (SSSR count). The van der Waals surface area contributed by atoms with E-state index in [9.17, 15) is 9.59 Å². The van der Waals surface area contributed by atoms with Gasteiger partial charge in [-0.2, -0.15) is 0 Å². The molecule has 0 radical (unpaired) electrons. The molecule has 23 heavy (non-hydrogen) atoms. The van der Waals surface area contributed by atoms with Crippen molar-refractivity contribution in [2.24, 2.45) is 0 Å². The number of methoxy groups -OCH3 is 1. The van der Waals surface area contributed by atoms with E-state index in [-0.39, 0.29) is 0 Å². The minimum atomic E-state index is -0.516. The Balaban J connectivity index is 2.07. The van der Waals surface area contributed by atoms with Gasteiger partial charge in [0.2, 0.25) is 0 Å². The number of rotatable bonds is 7. The molecule has 5 nitrogen and oxygen atoms in total. The van der Waals surface area contributed by atoms with Gasteiger partial charge in [0.1, 0.15) is 24.4 Å². The number of halogens is 1. The van der Waals surface area contributed by atoms with Crippen LogP contribution in [0.5, 0.6) is 11.5 Å². The highest BCUT2D eigenvalue weighted by atomic mass is 79.9. The Morgan fingerprint density at radius 3 is 2.70 bits per heavy atom. The summed E-state index contributed by atoms with van der Waals surface area (Å²) >= 11 is 3.36. The molecule has 2 aromatic carbocycles. The van der Waals surface area contributed by atoms with Gasteiger partial charge in [0.15, 0.2) is 0 Å². The zero-order valence-electron chi connectivity index (χ0n) is 12.5. The summed E-state index contributed by atoms with van der Waals surface area (Å²) < 4.78 is 16.3. The van der Waals surface area contributed by atoms with E-state index in [4.69, 9.17) is 14.2 Å². The molecule has 0 bridgehead atoms. The van der Waals surface area contributed by atoms with Gasteiger partial charge in [-0.05, 0) is 46.3 Å². The van der Waals surface area contributed by atoms with Crippen LogP contribution >= 0.6 is 15.9 Å². The first-order chi connectivity index (χ1) is 11.1. The van der Waals surface area contributed by atoms with E-state index in [1.807, 2.05) is 0 Å². The molecule has 0 heterocycles. The molecule has 0 amide bonds. The third-order valence-corrected chi connectivity index (χ3v) is 3.54. The normalized spacial score (nSPS) is 10.2. The van der Waals surface area contributed by atoms with E-state index in [2.05, 4.69) is 15.9 Å². The predicted octanol–water partition coefficient (Wildman–Crippen LogP) is 3.51. The minimum Gasteiger partial charge on any atom is -0.490 e. The van der Waals surface area contributed by atoms with Gasteiger partial charge in [0.05, 0.1) is 16.6 Å². The molecular weight excluding hydrogens is 364 g/mol. The van der Waals surface area contributed by atoms with Gasteiger partial charge in [0, 0.05) is 12.7 Å². The molecule has 0 unspecified atom stereocenters. The molecule has 0 fully saturated rings. The van der Waals surface area contributed by atoms with Crippen LogP contribution in [-0.4, -0.2) is 32.6 Å². The molecule has 0 aliphatic carbocycles. The monoisotopic (exact) mass is 378 g/mol. The summed E-state index contributed by atoms with van der Waals surface area (Å²) in [7, 11) is 1.59. The van der Waals surface area contributed by atoms with Crippen LogP contribution in [0.15, 0.2) is 46.9 Å². The van der Waals surface area contributed by atoms with Gasteiger partial charge in [-0.1, -0.05) is 12.1 Å². The van der Waals surface area contributed by atoms with Gasteiger partial charge < -0.3 is 14.2 Å². The Labute approximate surface area is 142 Å². The topological polar surface area (TPSA) is 61.8 Å². The SMILES string of the molecule is COCCOc1ccc(C(=O)Oc2cccc(C=O)c2)cc1Br. The summed E-state index contributed by atoms with van der Waals surface area (Å²) in [6.07, 6.45) is 0.695. The Bertz CT molecular complexity index is 699. The number of aldehydes is 1. The lowest BCUT2D eigenvalue weighted by molar-refractivity contribution is 0.0734. The van der Waals surface area contributed by atoms with E-state index in [0.29, 0.717) is 46.6 Å². The fourth-order valence-corrected chi connectivity index (χ4v) is 2.29. The molecule has 0 atom stereocenters. The standard InChI is InChI=1S/C17H15BrO5/c1-21-7-8-22-16-6-5-13(10-15(16)18)17(20)23-14-4-2-3-12(9-14)11-19/h2-6,9-11H,7-8H2,1H3. The number of carbonyl (C=O) groups is 2. The summed E-state index contributed by atoms with van der Waals surface area (Å²) in [5.41, 5.74) is 0.811. The fraction of sp³-hybridized carbons (Fsp3) is 0.176. The number of benzene rings is 2. The highest BCUT2D eigenvalue weighted by Gasteiger charge is 2.12. The van der Waals surface area contributed by atoms with Gasteiger partial charge in [-0.3, -0.25) is 4.79 Å². The lowest BCUT2D eigenvalue weighted by atomic mass is 10.2. The average molecular weight is 379 g/mol. The molecule has 6 heteroatoms. The fourth-order valence-electron chi connectivity index (χ4n) is 1.80. The Hall–Kier alpha value is -2.18. The summed E-state index contributed by atoms with van der Waals surface area (Å²) in [5.74, 6) is 0.412. The minimum absolute atomic E-state index is 0.316. The van der Waals surface area contributed by atoms with Gasteiger partial charge in [0.25, 0.3) is 0 Å². The third-order valence-electron chi connectivity index (χ3n) is 2.92. The third kappa shape index (κ3) is 4.91. The number of carbonyl (C=O) groups excluding carboxylic acids is 2. The highest BCUT2D eigenvalue weighted by Crippen LogP contribution is 2.26. The van der Waals surface area contributed by atoms with Crippen LogP contribution in [-0.2, 0) is 4.74 Å². The maximum atomic E-state index is 12.1. The molecular formula is C17H15BrO5. The zero-order chi connectivity index (χ0) is 16.7. The molecule has 120 valence electrons. The number of ether oxygens (including phenoxy) is 3. The second-order valence-corrected chi connectivity index (χ2v) is 5.42. The number of hydrogen-bond donors (Lipinski definition) is 0. The summed E-state index contributed by atoms with van der Waals surface area (Å²) in [6, 6.07) is 11.3. The molecule has 0 aliphatic heterocycles. The lowest BCUT2D eigenvalue weighted by Crippen LogP contribution is -2.09. The van der Waals surface area contributed by atoms with Crippen molar-refractivity contribution in [3.05, 3.63) is 58.1 Å². The molecule has 0 spiro atoms. The summed E-state index contributed by atoms with van der Waals surface area (Å²) in [4.78, 5) is 22.9. The Morgan fingerprint density at radius 1 is 1.17 bits per heavy atom. The van der Waals surface area contributed by atoms with Crippen LogP contribution in [0.25, 0.3) is 0 Å². The van der Waals surface area contributed by atoms with Crippen molar-refractivity contribution in [1.29, 1.82) is 0 Å². The van der Waals surface area contributed by atoms with Crippen molar-refractivity contribution >= 4 is 28.2 Å². The zero-order valence-corrected chi connectivity index (χ0v) is 14.0. The van der Waals surface area contributed by atoms with Crippen molar-refractivity contribution in [2.75, 3.05) is 20.3 Å². The quantitative estimate of drug-likeness (QED) is 0.319. The van der Waals surface area contributed by atoms with Crippen LogP contribution < -0.4 is 9.47 Å². The maximum absolute atomic E-state index is 12.1. The van der Waals surface area contributed by atoms with E-state index in [0.717, 1.165) is 0 Å². The first kappa shape index (κ1) is 17.2. The maximum Gasteiger partial charge on any atom is 0.343 e. The first-order valence-corrected chi connectivity index (χ1v) is 7.62. The number of hydrogen-bond acceptors (Lipinski definition) is 5. The Morgan fingerprint density at radius 2 is 2.00 bits per heavy atom. The predicted molar refractivity (Wildman–Crippen MR) is 88.3 cm³/mol. The first-order valence-electron chi connectivity index (χ1n) is 6.82. The van der Waals surface area contributed by atoms with Crippen LogP contribution in [0.1, 0.15) is 20.7 Å². The molecule has 0 saturated heterocycles. The average Bonchev–Trinajstić information content (AvgIpc) is 2.56. The smallest absolute Gasteiger partial charge is 0.343 e. The van der Waals surface area contributed by atoms with Gasteiger partial charge >= 0.3 is 5.97 Å². The van der Waals surface area contributed by atoms with Crippen molar-refractivity contribution < 1.29 is 23.8 Å². The molecule has 0 N–H and O–H groups in total. The number of esters is 1. The summed E-state index contributed by atoms with van der Waals surface area (Å²) in [6.45, 7) is 0.890. The van der Waals surface area contributed by atoms with Crippen LogP contribution in [0.4, 0.5) is 0 Å². The van der Waals surface area contributed by atoms with E-state index >= 15 is 0 Å². The second-order valence-electron chi connectivity index (χ2n) is 4.57. The molecule has 0 saturated carbocycles. The van der Waals surface area contributed by atoms with E-state index in [1.165, 1.54) is 6.07 Å². The van der Waals surface area contributed by atoms with Crippen molar-refractivity contribution in [1.82, 2.24) is 0 Å².